The number of halogens is 1. The van der Waals surface area contributed by atoms with E-state index in [1.807, 2.05) is 79.7 Å². The zero-order chi connectivity index (χ0) is 27.6. The van der Waals surface area contributed by atoms with Crippen LogP contribution in [0.1, 0.15) is 24.2 Å². The number of ether oxygens (including phenoxy) is 1. The molecule has 0 amide bonds. The molecule has 40 heavy (non-hydrogen) atoms. The van der Waals surface area contributed by atoms with Gasteiger partial charge in [-0.15, -0.1) is 0 Å². The molecule has 0 fully saturated rings. The second kappa shape index (κ2) is 10.7. The lowest BCUT2D eigenvalue weighted by molar-refractivity contribution is 0.310. The van der Waals surface area contributed by atoms with Crippen molar-refractivity contribution in [3.63, 3.8) is 0 Å². The van der Waals surface area contributed by atoms with Gasteiger partial charge < -0.3 is 15.0 Å². The summed E-state index contributed by atoms with van der Waals surface area (Å²) in [6.45, 7) is 2.17. The van der Waals surface area contributed by atoms with Crippen LogP contribution in [-0.2, 0) is 6.61 Å². The number of rotatable bonds is 7. The fourth-order valence-corrected chi connectivity index (χ4v) is 5.26. The van der Waals surface area contributed by atoms with E-state index >= 15 is 0 Å². The predicted octanol–water partition coefficient (Wildman–Crippen LogP) is 6.03. The second-order valence-corrected chi connectivity index (χ2v) is 9.66. The molecule has 8 nitrogen and oxygen atoms in total. The molecule has 6 rings (SSSR count). The van der Waals surface area contributed by atoms with Crippen molar-refractivity contribution in [1.29, 1.82) is 0 Å². The molecule has 1 atom stereocenters. The number of para-hydroxylation sites is 1. The number of hydrogen-bond donors (Lipinski definition) is 2. The SMILES string of the molecule is C[C@H](Nc1ncnc2[nH]ccc(=O)c12)c1c(Cl)c2cccc(OCc3ccccc3)c2c(=O)n1-c1ccccc1. The number of aromatic amines is 1. The van der Waals surface area contributed by atoms with Crippen LogP contribution < -0.4 is 21.0 Å². The molecular weight excluding hydrogens is 526 g/mol. The van der Waals surface area contributed by atoms with Crippen LogP contribution in [0.25, 0.3) is 27.5 Å². The van der Waals surface area contributed by atoms with Gasteiger partial charge in [-0.2, -0.15) is 0 Å². The average molecular weight is 550 g/mol. The number of H-pyrrole nitrogens is 1. The summed E-state index contributed by atoms with van der Waals surface area (Å²) >= 11 is 7.11. The van der Waals surface area contributed by atoms with Crippen LogP contribution in [0.2, 0.25) is 5.02 Å². The number of pyridine rings is 2. The Hall–Kier alpha value is -4.95. The molecule has 3 heterocycles. The van der Waals surface area contributed by atoms with Gasteiger partial charge in [0.1, 0.15) is 35.5 Å². The van der Waals surface area contributed by atoms with Crippen molar-refractivity contribution in [2.24, 2.45) is 0 Å². The van der Waals surface area contributed by atoms with Gasteiger partial charge >= 0.3 is 0 Å². The summed E-state index contributed by atoms with van der Waals surface area (Å²) in [7, 11) is 0. The molecule has 0 radical (unpaired) electrons. The van der Waals surface area contributed by atoms with Gasteiger partial charge in [0.05, 0.1) is 22.1 Å². The topological polar surface area (TPSA) is 102 Å². The minimum atomic E-state index is -0.531. The molecule has 3 aromatic heterocycles. The Kier molecular flexibility index (Phi) is 6.76. The largest absolute Gasteiger partial charge is 0.488 e. The molecule has 0 aliphatic carbocycles. The van der Waals surface area contributed by atoms with Crippen LogP contribution >= 0.6 is 11.6 Å². The molecule has 2 N–H and O–H groups in total. The first kappa shape index (κ1) is 25.3. The normalized spacial score (nSPS) is 11.9. The molecule has 6 aromatic rings. The molecule has 0 saturated heterocycles. The maximum atomic E-state index is 14.3. The van der Waals surface area contributed by atoms with E-state index < -0.39 is 6.04 Å². The standard InChI is InChI=1S/C31H24ClN5O3/c1-19(36-30-26-23(38)15-16-33-29(26)34-18-35-30)28-27(32)22-13-8-14-24(40-17-20-9-4-2-5-10-20)25(22)31(39)37(28)21-11-6-3-7-12-21/h2-16,18-19H,17H2,1H3,(H2,33,34,35,36,38)/t19-/m0/s1. The Bertz CT molecular complexity index is 1950. The third-order valence-corrected chi connectivity index (χ3v) is 7.11. The van der Waals surface area contributed by atoms with Gasteiger partial charge in [0.15, 0.2) is 5.43 Å². The summed E-state index contributed by atoms with van der Waals surface area (Å²) in [6.07, 6.45) is 2.91. The van der Waals surface area contributed by atoms with Crippen molar-refractivity contribution >= 4 is 39.2 Å². The maximum absolute atomic E-state index is 14.3. The van der Waals surface area contributed by atoms with E-state index in [9.17, 15) is 9.59 Å². The molecule has 0 saturated carbocycles. The van der Waals surface area contributed by atoms with Crippen molar-refractivity contribution in [3.8, 4) is 11.4 Å². The lowest BCUT2D eigenvalue weighted by Crippen LogP contribution is -2.27. The molecule has 0 unspecified atom stereocenters. The van der Waals surface area contributed by atoms with Crippen LogP contribution in [0.5, 0.6) is 5.75 Å². The summed E-state index contributed by atoms with van der Waals surface area (Å²) < 4.78 is 7.74. The highest BCUT2D eigenvalue weighted by Gasteiger charge is 2.24. The highest BCUT2D eigenvalue weighted by Crippen LogP contribution is 2.36. The number of anilines is 1. The van der Waals surface area contributed by atoms with E-state index in [4.69, 9.17) is 16.3 Å². The fourth-order valence-electron chi connectivity index (χ4n) is 4.86. The van der Waals surface area contributed by atoms with Gasteiger partial charge in [0.2, 0.25) is 0 Å². The molecule has 3 aromatic carbocycles. The van der Waals surface area contributed by atoms with Crippen LogP contribution in [0.15, 0.2) is 107 Å². The molecule has 0 aliphatic rings. The maximum Gasteiger partial charge on any atom is 0.267 e. The van der Waals surface area contributed by atoms with Crippen LogP contribution in [0.3, 0.4) is 0 Å². The molecule has 0 spiro atoms. The average Bonchev–Trinajstić information content (AvgIpc) is 2.98. The highest BCUT2D eigenvalue weighted by molar-refractivity contribution is 6.36. The Morgan fingerprint density at radius 1 is 0.925 bits per heavy atom. The van der Waals surface area contributed by atoms with Crippen molar-refractivity contribution in [2.75, 3.05) is 5.32 Å². The van der Waals surface area contributed by atoms with Crippen LogP contribution in [-0.4, -0.2) is 19.5 Å². The van der Waals surface area contributed by atoms with Gasteiger partial charge in [-0.05, 0) is 30.7 Å². The fraction of sp³-hybridized carbons (Fsp3) is 0.0968. The summed E-state index contributed by atoms with van der Waals surface area (Å²) in [6, 6.07) is 25.3. The Morgan fingerprint density at radius 2 is 1.68 bits per heavy atom. The second-order valence-electron chi connectivity index (χ2n) is 9.28. The number of aromatic nitrogens is 4. The third kappa shape index (κ3) is 4.58. The monoisotopic (exact) mass is 549 g/mol. The van der Waals surface area contributed by atoms with Crippen molar-refractivity contribution in [1.82, 2.24) is 19.5 Å². The molecule has 0 bridgehead atoms. The smallest absolute Gasteiger partial charge is 0.267 e. The van der Waals surface area contributed by atoms with E-state index in [1.54, 1.807) is 10.6 Å². The summed E-state index contributed by atoms with van der Waals surface area (Å²) in [5.74, 6) is 0.779. The third-order valence-electron chi connectivity index (χ3n) is 6.71. The minimum absolute atomic E-state index is 0.227. The predicted molar refractivity (Wildman–Crippen MR) is 158 cm³/mol. The first-order chi connectivity index (χ1) is 19.5. The summed E-state index contributed by atoms with van der Waals surface area (Å²) in [4.78, 5) is 38.4. The van der Waals surface area contributed by atoms with Crippen molar-refractivity contribution in [3.05, 3.63) is 134 Å². The van der Waals surface area contributed by atoms with Crippen LogP contribution in [0, 0.1) is 0 Å². The lowest BCUT2D eigenvalue weighted by atomic mass is 10.1. The van der Waals surface area contributed by atoms with E-state index in [0.29, 0.717) is 56.4 Å². The van der Waals surface area contributed by atoms with Gasteiger partial charge in [0, 0.05) is 23.3 Å². The number of fused-ring (bicyclic) bond motifs is 2. The van der Waals surface area contributed by atoms with Gasteiger partial charge in [-0.3, -0.25) is 14.2 Å². The number of hydrogen-bond acceptors (Lipinski definition) is 6. The molecule has 198 valence electrons. The summed E-state index contributed by atoms with van der Waals surface area (Å²) in [5.41, 5.74) is 2.04. The number of nitrogens with zero attached hydrogens (tertiary/aromatic N) is 3. The van der Waals surface area contributed by atoms with E-state index in [-0.39, 0.29) is 11.0 Å². The Balaban J connectivity index is 1.52. The molecule has 9 heteroatoms. The Morgan fingerprint density at radius 3 is 2.45 bits per heavy atom. The first-order valence-corrected chi connectivity index (χ1v) is 13.1. The van der Waals surface area contributed by atoms with Gasteiger partial charge in [-0.25, -0.2) is 9.97 Å². The number of nitrogens with one attached hydrogen (secondary N) is 2. The quantitative estimate of drug-likeness (QED) is 0.252. The van der Waals surface area contributed by atoms with E-state index in [2.05, 4.69) is 20.3 Å². The van der Waals surface area contributed by atoms with Gasteiger partial charge in [-0.1, -0.05) is 72.3 Å². The van der Waals surface area contributed by atoms with Crippen LogP contribution in [0.4, 0.5) is 5.82 Å². The van der Waals surface area contributed by atoms with Crippen molar-refractivity contribution < 1.29 is 4.74 Å². The van der Waals surface area contributed by atoms with Crippen molar-refractivity contribution in [2.45, 2.75) is 19.6 Å². The minimum Gasteiger partial charge on any atom is -0.488 e. The number of benzene rings is 3. The highest BCUT2D eigenvalue weighted by atomic mass is 35.5. The molecular formula is C31H24ClN5O3. The first-order valence-electron chi connectivity index (χ1n) is 12.7. The lowest BCUT2D eigenvalue weighted by Gasteiger charge is -2.24. The van der Waals surface area contributed by atoms with E-state index in [1.165, 1.54) is 18.6 Å². The van der Waals surface area contributed by atoms with Gasteiger partial charge in [0.25, 0.3) is 5.56 Å². The molecule has 0 aliphatic heterocycles. The zero-order valence-electron chi connectivity index (χ0n) is 21.5. The Labute approximate surface area is 233 Å². The summed E-state index contributed by atoms with van der Waals surface area (Å²) in [5, 5.41) is 4.95. The zero-order valence-corrected chi connectivity index (χ0v) is 22.2. The van der Waals surface area contributed by atoms with E-state index in [0.717, 1.165) is 5.56 Å².